The second-order valence-electron chi connectivity index (χ2n) is 20.5. The minimum atomic E-state index is -1.08. The Morgan fingerprint density at radius 2 is 1.86 bits per heavy atom. The summed E-state index contributed by atoms with van der Waals surface area (Å²) >= 11 is 1.42. The van der Waals surface area contributed by atoms with Gasteiger partial charge < -0.3 is 39.4 Å². The Labute approximate surface area is 409 Å². The van der Waals surface area contributed by atoms with Gasteiger partial charge in [0, 0.05) is 106 Å². The summed E-state index contributed by atoms with van der Waals surface area (Å²) < 4.78 is 14.3. The Bertz CT molecular complexity index is 2550. The first-order chi connectivity index (χ1) is 33.0. The van der Waals surface area contributed by atoms with Gasteiger partial charge in [-0.1, -0.05) is 33.8 Å². The molecule has 69 heavy (non-hydrogen) atoms. The molecule has 5 amide bonds. The van der Waals surface area contributed by atoms with Crippen LogP contribution in [0.5, 0.6) is 0 Å². The number of amides is 5. The molecule has 0 unspecified atom stereocenters. The number of pyridine rings is 1. The fraction of sp³-hybridized carbons (Fsp3) is 0.588. The predicted octanol–water partition coefficient (Wildman–Crippen LogP) is 5.42. The van der Waals surface area contributed by atoms with E-state index in [1.807, 2.05) is 37.1 Å². The normalized spacial score (nSPS) is 22.7. The number of hydrogen-bond donors (Lipinski definition) is 3. The van der Waals surface area contributed by atoms with Gasteiger partial charge in [0.05, 0.1) is 40.8 Å². The van der Waals surface area contributed by atoms with E-state index in [9.17, 15) is 24.0 Å². The second-order valence-corrected chi connectivity index (χ2v) is 21.4. The number of likely N-dealkylation sites (tertiary alicyclic amines) is 1. The standard InChI is InChI=1S/C51H70N10O7S/c1-10-60-41-18-17-33-22-35(41)36(45(60)34-15-11-19-52-43(34)31(4)67-9)24-51(5,6)29-68-49(65)37-16-13-21-61(56-37)48(64)38(23-42-54-40(33)28-69-42)55-46(62)44(30(2)3)58(8)50(66)57(7)26-32-14-12-20-59(27-32)47(63)39-25-53-39/h11,15,17-19,22,28,30-32,37-39,44,53,56H,10,12-14,16,20-21,23-27,29H2,1-9H3,(H,55,62)/t31-,32+,37-,38-,39+,44-/m0/s1. The number of fused-ring (bicyclic) bond motifs is 6. The molecule has 1 aromatic carbocycles. The fourth-order valence-electron chi connectivity index (χ4n) is 10.5. The number of carbonyl (C=O) groups is 5. The number of hydrazine groups is 1. The minimum Gasteiger partial charge on any atom is -0.464 e. The molecule has 6 bridgehead atoms. The van der Waals surface area contributed by atoms with Crippen molar-refractivity contribution in [1.29, 1.82) is 0 Å². The molecule has 8 rings (SSSR count). The highest BCUT2D eigenvalue weighted by Gasteiger charge is 2.40. The minimum absolute atomic E-state index is 0.0811. The van der Waals surface area contributed by atoms with Gasteiger partial charge in [0.1, 0.15) is 18.1 Å². The number of methoxy groups -OCH3 is 1. The Kier molecular flexibility index (Phi) is 15.1. The molecular weight excluding hydrogens is 897 g/mol. The number of urea groups is 1. The average Bonchev–Trinajstić information content (AvgIpc) is 4.02. The third-order valence-corrected chi connectivity index (χ3v) is 15.0. The van der Waals surface area contributed by atoms with Crippen LogP contribution < -0.4 is 16.1 Å². The van der Waals surface area contributed by atoms with Gasteiger partial charge in [-0.25, -0.2) is 15.2 Å². The van der Waals surface area contributed by atoms with Crippen LogP contribution in [-0.4, -0.2) is 149 Å². The lowest BCUT2D eigenvalue weighted by atomic mass is 9.84. The van der Waals surface area contributed by atoms with E-state index in [4.69, 9.17) is 19.4 Å². The molecular formula is C51H70N10O7S. The average molecular weight is 967 g/mol. The molecule has 3 fully saturated rings. The third-order valence-electron chi connectivity index (χ3n) is 14.2. The van der Waals surface area contributed by atoms with Crippen LogP contribution in [-0.2, 0) is 48.0 Å². The first kappa shape index (κ1) is 50.0. The first-order valence-corrected chi connectivity index (χ1v) is 25.5. The van der Waals surface area contributed by atoms with Crippen LogP contribution >= 0.6 is 11.3 Å². The Morgan fingerprint density at radius 1 is 1.09 bits per heavy atom. The summed E-state index contributed by atoms with van der Waals surface area (Å²) in [7, 11) is 5.04. The fourth-order valence-corrected chi connectivity index (χ4v) is 11.3. The summed E-state index contributed by atoms with van der Waals surface area (Å²) in [6, 6.07) is 7.23. The van der Waals surface area contributed by atoms with Crippen molar-refractivity contribution in [1.82, 2.24) is 50.3 Å². The molecule has 4 aliphatic rings. The number of esters is 1. The number of nitrogens with zero attached hydrogens (tertiary/aromatic N) is 7. The van der Waals surface area contributed by atoms with Gasteiger partial charge >= 0.3 is 12.0 Å². The van der Waals surface area contributed by atoms with E-state index in [-0.39, 0.29) is 48.9 Å². The molecule has 4 aromatic rings. The maximum absolute atomic E-state index is 14.7. The first-order valence-electron chi connectivity index (χ1n) is 24.6. The number of piperidine rings is 1. The summed E-state index contributed by atoms with van der Waals surface area (Å²) in [5.74, 6) is -1.43. The van der Waals surface area contributed by atoms with Crippen molar-refractivity contribution in [3.05, 3.63) is 58.2 Å². The van der Waals surface area contributed by atoms with E-state index in [2.05, 4.69) is 65.7 Å². The van der Waals surface area contributed by atoms with Crippen molar-refractivity contribution in [3.63, 3.8) is 0 Å². The monoisotopic (exact) mass is 967 g/mol. The lowest BCUT2D eigenvalue weighted by Gasteiger charge is -2.38. The van der Waals surface area contributed by atoms with Crippen LogP contribution in [0.15, 0.2) is 41.9 Å². The molecule has 3 N–H and O–H groups in total. The number of carbonyl (C=O) groups excluding carboxylic acids is 5. The van der Waals surface area contributed by atoms with Gasteiger partial charge in [-0.3, -0.25) is 29.2 Å². The molecule has 3 saturated heterocycles. The molecule has 4 aliphatic heterocycles. The van der Waals surface area contributed by atoms with Crippen molar-refractivity contribution in [2.45, 2.75) is 117 Å². The maximum Gasteiger partial charge on any atom is 0.324 e. The molecule has 7 heterocycles. The highest BCUT2D eigenvalue weighted by atomic mass is 32.1. The number of benzene rings is 1. The quantitative estimate of drug-likeness (QED) is 0.128. The maximum atomic E-state index is 14.7. The largest absolute Gasteiger partial charge is 0.464 e. The van der Waals surface area contributed by atoms with Gasteiger partial charge in [0.2, 0.25) is 11.8 Å². The van der Waals surface area contributed by atoms with Crippen LogP contribution in [0.1, 0.15) is 89.6 Å². The smallest absolute Gasteiger partial charge is 0.324 e. The van der Waals surface area contributed by atoms with Gasteiger partial charge in [-0.15, -0.1) is 11.3 Å². The molecule has 17 nitrogen and oxygen atoms in total. The highest BCUT2D eigenvalue weighted by molar-refractivity contribution is 7.10. The molecule has 0 saturated carbocycles. The molecule has 6 atom stereocenters. The number of ether oxygens (including phenoxy) is 2. The third kappa shape index (κ3) is 10.8. The van der Waals surface area contributed by atoms with Crippen LogP contribution in [0, 0.1) is 17.3 Å². The molecule has 18 heteroatoms. The van der Waals surface area contributed by atoms with Gasteiger partial charge in [-0.05, 0) is 87.6 Å². The SMILES string of the molecule is CCn1c(-c2cccnc2[C@H](C)OC)c2c3cc(ccc31)-c1csc(n1)C[C@H](NC(=O)[C@H](C(C)C)N(C)C(=O)N(C)C[C@H]1CCCN(C(=O)[C@H]3CN3)C1)C(=O)N1CCC[C@H](N1)C(=O)OCC(C)(C)C2. The van der Waals surface area contributed by atoms with Crippen molar-refractivity contribution in [3.8, 4) is 22.5 Å². The van der Waals surface area contributed by atoms with Crippen LogP contribution in [0.4, 0.5) is 4.79 Å². The Morgan fingerprint density at radius 3 is 2.58 bits per heavy atom. The number of aryl methyl sites for hydroxylation is 1. The number of cyclic esters (lactones) is 1. The molecule has 3 aromatic heterocycles. The summed E-state index contributed by atoms with van der Waals surface area (Å²) in [5.41, 5.74) is 9.30. The number of rotatable bonds is 11. The molecule has 0 spiro atoms. The summed E-state index contributed by atoms with van der Waals surface area (Å²) in [5, 5.41) is 11.3. The van der Waals surface area contributed by atoms with E-state index >= 15 is 0 Å². The van der Waals surface area contributed by atoms with E-state index in [1.54, 1.807) is 32.3 Å². The van der Waals surface area contributed by atoms with E-state index in [0.717, 1.165) is 57.5 Å². The van der Waals surface area contributed by atoms with E-state index in [1.165, 1.54) is 21.2 Å². The predicted molar refractivity (Wildman–Crippen MR) is 265 cm³/mol. The van der Waals surface area contributed by atoms with Crippen molar-refractivity contribution in [2.75, 3.05) is 60.5 Å². The molecule has 0 radical (unpaired) electrons. The number of hydrogen-bond acceptors (Lipinski definition) is 12. The zero-order valence-electron chi connectivity index (χ0n) is 41.7. The van der Waals surface area contributed by atoms with Gasteiger partial charge in [0.15, 0.2) is 0 Å². The molecule has 0 aliphatic carbocycles. The van der Waals surface area contributed by atoms with Crippen molar-refractivity contribution >= 4 is 52.0 Å². The van der Waals surface area contributed by atoms with E-state index < -0.39 is 41.3 Å². The number of likely N-dealkylation sites (N-methyl/N-ethyl adjacent to an activating group) is 1. The van der Waals surface area contributed by atoms with Gasteiger partial charge in [0.25, 0.3) is 5.91 Å². The molecule has 372 valence electrons. The van der Waals surface area contributed by atoms with Crippen LogP contribution in [0.25, 0.3) is 33.4 Å². The van der Waals surface area contributed by atoms with E-state index in [0.29, 0.717) is 63.5 Å². The summed E-state index contributed by atoms with van der Waals surface area (Å²) in [4.78, 5) is 85.0. The lowest BCUT2D eigenvalue weighted by molar-refractivity contribution is -0.155. The topological polar surface area (TPSA) is 193 Å². The lowest BCUT2D eigenvalue weighted by Crippen LogP contribution is -2.62. The highest BCUT2D eigenvalue weighted by Crippen LogP contribution is 2.42. The number of aromatic nitrogens is 3. The number of thiazole rings is 1. The summed E-state index contributed by atoms with van der Waals surface area (Å²) in [6.45, 7) is 15.7. The van der Waals surface area contributed by atoms with Crippen molar-refractivity contribution in [2.24, 2.45) is 17.3 Å². The Balaban J connectivity index is 1.10. The second kappa shape index (κ2) is 20.9. The van der Waals surface area contributed by atoms with Crippen LogP contribution in [0.3, 0.4) is 0 Å². The summed E-state index contributed by atoms with van der Waals surface area (Å²) in [6.07, 6.45) is 4.97. The Hall–Kier alpha value is -5.43. The van der Waals surface area contributed by atoms with Crippen molar-refractivity contribution < 1.29 is 33.4 Å². The number of nitrogens with one attached hydrogen (secondary N) is 3. The zero-order valence-corrected chi connectivity index (χ0v) is 42.5. The van der Waals surface area contributed by atoms with Crippen LogP contribution in [0.2, 0.25) is 0 Å². The van der Waals surface area contributed by atoms with Gasteiger partial charge in [-0.2, -0.15) is 0 Å². The zero-order chi connectivity index (χ0) is 49.3.